The Labute approximate surface area is 409 Å². The number of furan rings is 1. The molecule has 13 rings (SSSR count). The monoisotopic (exact) mass is 1050 g/mol. The Bertz CT molecular complexity index is 4310. The molecule has 0 aliphatic rings. The average molecular weight is 1050 g/mol. The number of hydrogen-bond acceptors (Lipinski definition) is 3. The molecule has 0 saturated carbocycles. The number of para-hydroxylation sites is 2. The third-order valence-corrected chi connectivity index (χ3v) is 12.5. The fraction of sp³-hybridized carbons (Fsp3) is 0.0968. The fourth-order valence-electron chi connectivity index (χ4n) is 9.62. The van der Waals surface area contributed by atoms with Crippen LogP contribution in [0.15, 0.2) is 193 Å². The molecule has 4 heterocycles. The fourth-order valence-corrected chi connectivity index (χ4v) is 9.62. The number of benzene rings is 9. The Kier molecular flexibility index (Phi) is 9.20. The number of aryl methyl sites for hydroxylation is 1. The molecule has 0 atom stereocenters. The Morgan fingerprint density at radius 3 is 2.01 bits per heavy atom. The molecule has 0 fully saturated rings. The van der Waals surface area contributed by atoms with Crippen LogP contribution in [0.5, 0.6) is 0 Å². The summed E-state index contributed by atoms with van der Waals surface area (Å²) in [7, 11) is 0. The summed E-state index contributed by atoms with van der Waals surface area (Å²) < 4.78 is 49.2. The van der Waals surface area contributed by atoms with Gasteiger partial charge in [0.25, 0.3) is 0 Å². The minimum absolute atomic E-state index is 0. The first-order chi connectivity index (χ1) is 34.3. The van der Waals surface area contributed by atoms with Crippen LogP contribution in [0, 0.1) is 24.4 Å². The van der Waals surface area contributed by atoms with Gasteiger partial charge in [-0.15, -0.1) is 54.1 Å². The zero-order valence-corrected chi connectivity index (χ0v) is 39.4. The Hall–Kier alpha value is -7.43. The van der Waals surface area contributed by atoms with E-state index >= 15 is 0 Å². The largest absolute Gasteiger partial charge is 0.501 e. The number of pyridine rings is 1. The minimum atomic E-state index is -2.42. The van der Waals surface area contributed by atoms with Gasteiger partial charge in [0.1, 0.15) is 5.58 Å². The normalized spacial score (nSPS) is 13.3. The number of hydrogen-bond donors (Lipinski definition) is 0. The first-order valence-electron chi connectivity index (χ1n) is 24.7. The third kappa shape index (κ3) is 7.36. The van der Waals surface area contributed by atoms with E-state index in [-0.39, 0.29) is 31.2 Å². The number of fused-ring (bicyclic) bond motifs is 13. The van der Waals surface area contributed by atoms with Gasteiger partial charge in [-0.2, -0.15) is 0 Å². The molecule has 5 heteroatoms. The number of nitrogens with zero attached hydrogens (tertiary/aromatic N) is 3. The van der Waals surface area contributed by atoms with Gasteiger partial charge in [0.15, 0.2) is 0 Å². The van der Waals surface area contributed by atoms with Crippen molar-refractivity contribution in [3.05, 3.63) is 211 Å². The summed E-state index contributed by atoms with van der Waals surface area (Å²) in [6, 6.07) is 69.5. The van der Waals surface area contributed by atoms with Crippen LogP contribution in [0.2, 0.25) is 0 Å². The zero-order valence-electron chi connectivity index (χ0n) is 42.0. The van der Waals surface area contributed by atoms with Gasteiger partial charge in [0.2, 0.25) is 0 Å². The molecular weight excluding hydrogens is 995 g/mol. The minimum Gasteiger partial charge on any atom is -0.501 e. The number of imidazole rings is 1. The molecule has 1 radical (unpaired) electrons. The molecule has 325 valence electrons. The van der Waals surface area contributed by atoms with Crippen molar-refractivity contribution in [2.75, 3.05) is 0 Å². The first-order valence-corrected chi connectivity index (χ1v) is 22.2. The van der Waals surface area contributed by atoms with Crippen molar-refractivity contribution >= 4 is 92.4 Å². The van der Waals surface area contributed by atoms with Crippen molar-refractivity contribution in [3.63, 3.8) is 0 Å². The van der Waals surface area contributed by atoms with Crippen LogP contribution < -0.4 is 0 Å². The molecule has 13 aromatic rings. The van der Waals surface area contributed by atoms with Crippen LogP contribution in [0.4, 0.5) is 0 Å². The van der Waals surface area contributed by atoms with Gasteiger partial charge < -0.3 is 13.8 Å². The summed E-state index contributed by atoms with van der Waals surface area (Å²) in [5, 5.41) is 14.0. The topological polar surface area (TPSA) is 43.3 Å². The molecule has 0 aliphatic carbocycles. The molecule has 0 bridgehead atoms. The van der Waals surface area contributed by atoms with Crippen LogP contribution in [0.25, 0.3) is 115 Å². The predicted octanol–water partition coefficient (Wildman–Crippen LogP) is 16.6. The van der Waals surface area contributed by atoms with Crippen molar-refractivity contribution in [2.45, 2.75) is 34.0 Å². The van der Waals surface area contributed by atoms with Crippen LogP contribution in [0.3, 0.4) is 0 Å². The second-order valence-corrected chi connectivity index (χ2v) is 17.9. The molecule has 0 aliphatic heterocycles. The standard InChI is InChI=1S/C45H25N2O.C17H20N.Ir/c1-2-12-29-27(11-1)23-24-28-25-39-36-19-9-20-37(44(36)48-42(39)26-38(28)29)45-46-40-21-10-18-35-33-16-6-4-14-31(33)30-13-3-5-15-32(30)34-17-7-8-22-41(34)47(45)43(35)40;1-13-12-18-16(14-8-6-5-7-9-14)10-15(13)11-17(2,3)4;/h1-19,21-26H;5-8,10,12H,11H2,1-4H3;/q2*-1;/i;1D3,11D2;. The van der Waals surface area contributed by atoms with Crippen LogP contribution in [0.1, 0.15) is 38.8 Å². The van der Waals surface area contributed by atoms with E-state index < -0.39 is 18.6 Å². The molecule has 9 aromatic carbocycles. The number of rotatable bonds is 3. The van der Waals surface area contributed by atoms with E-state index in [0.717, 1.165) is 60.6 Å². The maximum absolute atomic E-state index is 8.48. The molecule has 0 unspecified atom stereocenters. The predicted molar refractivity (Wildman–Crippen MR) is 277 cm³/mol. The molecule has 0 amide bonds. The van der Waals surface area contributed by atoms with Crippen LogP contribution in [-0.2, 0) is 26.5 Å². The van der Waals surface area contributed by atoms with Gasteiger partial charge >= 0.3 is 0 Å². The molecule has 4 aromatic heterocycles. The van der Waals surface area contributed by atoms with E-state index in [1.807, 2.05) is 24.3 Å². The van der Waals surface area contributed by atoms with E-state index in [1.165, 1.54) is 49.3 Å². The molecule has 67 heavy (non-hydrogen) atoms. The smallest absolute Gasteiger partial charge is 0.121 e. The van der Waals surface area contributed by atoms with Crippen molar-refractivity contribution in [3.8, 4) is 22.6 Å². The summed E-state index contributed by atoms with van der Waals surface area (Å²) >= 11 is 0. The summed E-state index contributed by atoms with van der Waals surface area (Å²) in [5.74, 6) is 0.807. The van der Waals surface area contributed by atoms with E-state index in [2.05, 4.69) is 167 Å². The van der Waals surface area contributed by atoms with Crippen molar-refractivity contribution in [1.29, 1.82) is 0 Å². The van der Waals surface area contributed by atoms with E-state index in [0.29, 0.717) is 11.3 Å². The zero-order chi connectivity index (χ0) is 48.8. The van der Waals surface area contributed by atoms with Gasteiger partial charge in [-0.05, 0) is 97.3 Å². The summed E-state index contributed by atoms with van der Waals surface area (Å²) in [4.78, 5) is 9.60. The molecule has 4 nitrogen and oxygen atoms in total. The summed E-state index contributed by atoms with van der Waals surface area (Å²) in [6.07, 6.45) is -0.550. The second kappa shape index (κ2) is 16.8. The average Bonchev–Trinajstić information content (AvgIpc) is 3.97. The summed E-state index contributed by atoms with van der Waals surface area (Å²) in [5.41, 5.74) is 6.14. The summed E-state index contributed by atoms with van der Waals surface area (Å²) in [6.45, 7) is 2.85. The number of aromatic nitrogens is 3. The maximum atomic E-state index is 8.48. The molecule has 0 spiro atoms. The maximum Gasteiger partial charge on any atom is 0.121 e. The quantitative estimate of drug-likeness (QED) is 0.131. The van der Waals surface area contributed by atoms with Gasteiger partial charge in [-0.1, -0.05) is 159 Å². The van der Waals surface area contributed by atoms with Crippen molar-refractivity contribution in [1.82, 2.24) is 14.4 Å². The van der Waals surface area contributed by atoms with E-state index in [1.54, 1.807) is 32.9 Å². The SMILES string of the molecule is [2H]C([2H])([2H])c1cnc(-c2[c-]cccc2)cc1C([2H])([2H])C(C)(C)C.[Ir].[c-]1ccc2c(oc3cc4c(ccc5ccccc54)cc32)c1-c1nc2cccc3c4ccccc4c4ccccc4c4ccccc4n1c23. The van der Waals surface area contributed by atoms with Crippen LogP contribution >= 0.6 is 0 Å². The van der Waals surface area contributed by atoms with Crippen LogP contribution in [-0.4, -0.2) is 14.4 Å². The first kappa shape index (κ1) is 36.7. The van der Waals surface area contributed by atoms with Gasteiger partial charge in [0.05, 0.1) is 22.4 Å². The van der Waals surface area contributed by atoms with E-state index in [9.17, 15) is 0 Å². The molecular formula is C62H45IrN3O-2. The molecule has 0 N–H and O–H groups in total. The Balaban J connectivity index is 0.000000199. The molecule has 0 saturated heterocycles. The third-order valence-electron chi connectivity index (χ3n) is 12.5. The van der Waals surface area contributed by atoms with Crippen molar-refractivity contribution in [2.24, 2.45) is 5.41 Å². The Morgan fingerprint density at radius 1 is 0.597 bits per heavy atom. The van der Waals surface area contributed by atoms with Gasteiger partial charge in [-0.3, -0.25) is 4.98 Å². The van der Waals surface area contributed by atoms with Gasteiger partial charge in [-0.25, -0.2) is 0 Å². The Morgan fingerprint density at radius 2 is 1.27 bits per heavy atom. The second-order valence-electron chi connectivity index (χ2n) is 17.9. The van der Waals surface area contributed by atoms with Gasteiger partial charge in [0, 0.05) is 54.8 Å². The van der Waals surface area contributed by atoms with Crippen molar-refractivity contribution < 1.29 is 31.4 Å². The van der Waals surface area contributed by atoms with E-state index in [4.69, 9.17) is 16.3 Å².